The van der Waals surface area contributed by atoms with Crippen LogP contribution in [0.1, 0.15) is 23.4 Å². The molecule has 1 rings (SSSR count). The molecule has 74 valence electrons. The van der Waals surface area contributed by atoms with Gasteiger partial charge in [-0.2, -0.15) is 5.26 Å². The van der Waals surface area contributed by atoms with E-state index in [0.29, 0.717) is 3.57 Å². The highest BCUT2D eigenvalue weighted by Crippen LogP contribution is 2.22. The molecule has 6 heteroatoms. The van der Waals surface area contributed by atoms with E-state index in [1.54, 1.807) is 28.7 Å². The summed E-state index contributed by atoms with van der Waals surface area (Å²) < 4.78 is 24.9. The number of aliphatic hydroxyl groups is 1. The van der Waals surface area contributed by atoms with Gasteiger partial charge < -0.3 is 5.11 Å². The maximum Gasteiger partial charge on any atom is 0.280 e. The lowest BCUT2D eigenvalue weighted by molar-refractivity contribution is 0.145. The highest BCUT2D eigenvalue weighted by atomic mass is 127. The predicted molar refractivity (Wildman–Crippen MR) is 52.5 cm³/mol. The van der Waals surface area contributed by atoms with Crippen LogP contribution in [0.15, 0.2) is 6.07 Å². The van der Waals surface area contributed by atoms with E-state index in [1.165, 1.54) is 0 Å². The Kier molecular flexibility index (Phi) is 3.71. The Morgan fingerprint density at radius 3 is 2.71 bits per heavy atom. The number of halogens is 3. The van der Waals surface area contributed by atoms with Crippen LogP contribution in [0.4, 0.5) is 8.78 Å². The van der Waals surface area contributed by atoms with Crippen molar-refractivity contribution in [2.24, 2.45) is 0 Å². The molecule has 0 saturated carbocycles. The zero-order valence-corrected chi connectivity index (χ0v) is 8.99. The first kappa shape index (κ1) is 11.3. The maximum absolute atomic E-state index is 12.3. The van der Waals surface area contributed by atoms with Crippen LogP contribution in [-0.2, 0) is 6.61 Å². The van der Waals surface area contributed by atoms with Crippen molar-refractivity contribution in [3.05, 3.63) is 26.6 Å². The summed E-state index contributed by atoms with van der Waals surface area (Å²) in [5, 5.41) is 17.5. The lowest BCUT2D eigenvalue weighted by Gasteiger charge is -2.05. The van der Waals surface area contributed by atoms with Gasteiger partial charge in [0.05, 0.1) is 17.9 Å². The average Bonchev–Trinajstić information content (AvgIpc) is 2.16. The first-order chi connectivity index (χ1) is 6.60. The topological polar surface area (TPSA) is 56.9 Å². The van der Waals surface area contributed by atoms with Gasteiger partial charge in [-0.3, -0.25) is 0 Å². The van der Waals surface area contributed by atoms with Crippen LogP contribution in [0.25, 0.3) is 0 Å². The average molecular weight is 310 g/mol. The van der Waals surface area contributed by atoms with Gasteiger partial charge in [0.2, 0.25) is 0 Å². The van der Waals surface area contributed by atoms with Gasteiger partial charge >= 0.3 is 0 Å². The van der Waals surface area contributed by atoms with Crippen molar-refractivity contribution in [3.8, 4) is 6.07 Å². The fraction of sp³-hybridized carbons (Fsp3) is 0.250. The zero-order valence-electron chi connectivity index (χ0n) is 6.84. The number of aliphatic hydroxyl groups excluding tert-OH is 1. The van der Waals surface area contributed by atoms with Crippen molar-refractivity contribution in [3.63, 3.8) is 0 Å². The van der Waals surface area contributed by atoms with Crippen molar-refractivity contribution in [2.75, 3.05) is 0 Å². The van der Waals surface area contributed by atoms with Crippen LogP contribution in [0, 0.1) is 14.9 Å². The van der Waals surface area contributed by atoms with Crippen molar-refractivity contribution in [2.45, 2.75) is 13.0 Å². The fourth-order valence-corrected chi connectivity index (χ4v) is 1.68. The minimum absolute atomic E-state index is 0.00491. The second kappa shape index (κ2) is 4.61. The Morgan fingerprint density at radius 1 is 1.64 bits per heavy atom. The van der Waals surface area contributed by atoms with Crippen molar-refractivity contribution < 1.29 is 13.9 Å². The number of hydrogen-bond acceptors (Lipinski definition) is 3. The van der Waals surface area contributed by atoms with E-state index < -0.39 is 18.7 Å². The lowest BCUT2D eigenvalue weighted by Crippen LogP contribution is -2.02. The molecule has 0 amide bonds. The molecule has 0 aromatic carbocycles. The summed E-state index contributed by atoms with van der Waals surface area (Å²) >= 11 is 1.76. The molecule has 0 spiro atoms. The predicted octanol–water partition coefficient (Wildman–Crippen LogP) is 1.99. The van der Waals surface area contributed by atoms with Gasteiger partial charge in [0.15, 0.2) is 0 Å². The number of nitrogens with zero attached hydrogens (tertiary/aromatic N) is 2. The molecule has 0 radical (unpaired) electrons. The van der Waals surface area contributed by atoms with Crippen LogP contribution < -0.4 is 0 Å². The molecule has 14 heavy (non-hydrogen) atoms. The lowest BCUT2D eigenvalue weighted by atomic mass is 10.2. The third-order valence-electron chi connectivity index (χ3n) is 1.55. The Balaban J connectivity index is 3.33. The number of aromatic nitrogens is 1. The normalized spacial score (nSPS) is 10.3. The summed E-state index contributed by atoms with van der Waals surface area (Å²) in [6.45, 7) is -0.514. The van der Waals surface area contributed by atoms with Gasteiger partial charge in [0, 0.05) is 3.57 Å². The summed E-state index contributed by atoms with van der Waals surface area (Å²) in [5.41, 5.74) is -0.273. The summed E-state index contributed by atoms with van der Waals surface area (Å²) in [7, 11) is 0. The van der Waals surface area contributed by atoms with E-state index in [0.717, 1.165) is 6.07 Å². The molecule has 0 unspecified atom stereocenters. The minimum atomic E-state index is -2.69. The Hall–Kier alpha value is -0.810. The van der Waals surface area contributed by atoms with Gasteiger partial charge in [-0.25, -0.2) is 13.8 Å². The number of rotatable bonds is 2. The monoisotopic (exact) mass is 310 g/mol. The molecule has 0 aliphatic carbocycles. The van der Waals surface area contributed by atoms with E-state index in [2.05, 4.69) is 4.98 Å². The zero-order chi connectivity index (χ0) is 10.7. The molecule has 1 N–H and O–H groups in total. The molecule has 0 aliphatic rings. The maximum atomic E-state index is 12.3. The van der Waals surface area contributed by atoms with E-state index in [1.807, 2.05) is 0 Å². The third-order valence-corrected chi connectivity index (χ3v) is 2.40. The highest BCUT2D eigenvalue weighted by molar-refractivity contribution is 14.1. The summed E-state index contributed by atoms with van der Waals surface area (Å²) in [5.74, 6) is 0. The standard InChI is InChI=1S/C8H5F2IN2O/c9-8(10)6-1-5(11)4(2-12)7(3-14)13-6/h1,8,14H,3H2. The summed E-state index contributed by atoms with van der Waals surface area (Å²) in [4.78, 5) is 3.50. The highest BCUT2D eigenvalue weighted by Gasteiger charge is 2.15. The first-order valence-electron chi connectivity index (χ1n) is 3.58. The van der Waals surface area contributed by atoms with E-state index in [-0.39, 0.29) is 11.3 Å². The smallest absolute Gasteiger partial charge is 0.280 e. The van der Waals surface area contributed by atoms with Crippen LogP contribution >= 0.6 is 22.6 Å². The fourth-order valence-electron chi connectivity index (χ4n) is 0.928. The Morgan fingerprint density at radius 2 is 2.29 bits per heavy atom. The Bertz CT molecular complexity index is 390. The molecule has 1 aromatic rings. The molecule has 1 heterocycles. The van der Waals surface area contributed by atoms with Crippen molar-refractivity contribution in [1.29, 1.82) is 5.26 Å². The van der Waals surface area contributed by atoms with Gasteiger partial charge in [0.25, 0.3) is 6.43 Å². The van der Waals surface area contributed by atoms with Gasteiger partial charge in [0.1, 0.15) is 11.8 Å². The molecule has 1 aromatic heterocycles. The van der Waals surface area contributed by atoms with Crippen LogP contribution in [0.2, 0.25) is 0 Å². The van der Waals surface area contributed by atoms with Crippen LogP contribution in [0.5, 0.6) is 0 Å². The molecule has 0 bridgehead atoms. The van der Waals surface area contributed by atoms with Crippen LogP contribution in [0.3, 0.4) is 0 Å². The van der Waals surface area contributed by atoms with Crippen LogP contribution in [-0.4, -0.2) is 10.1 Å². The summed E-state index contributed by atoms with van der Waals surface area (Å²) in [6, 6.07) is 2.95. The SMILES string of the molecule is N#Cc1c(I)cc(C(F)F)nc1CO. The van der Waals surface area contributed by atoms with E-state index in [9.17, 15) is 8.78 Å². The molecule has 3 nitrogen and oxygen atoms in total. The molecular weight excluding hydrogens is 305 g/mol. The quantitative estimate of drug-likeness (QED) is 0.850. The van der Waals surface area contributed by atoms with Gasteiger partial charge in [-0.1, -0.05) is 0 Å². The first-order valence-corrected chi connectivity index (χ1v) is 4.66. The molecule has 0 saturated heterocycles. The molecule has 0 aliphatic heterocycles. The van der Waals surface area contributed by atoms with Crippen molar-refractivity contribution >= 4 is 22.6 Å². The number of nitriles is 1. The number of pyridine rings is 1. The second-order valence-corrected chi connectivity index (χ2v) is 3.58. The molecule has 0 atom stereocenters. The number of hydrogen-bond donors (Lipinski definition) is 1. The molecule has 0 fully saturated rings. The second-order valence-electron chi connectivity index (χ2n) is 2.42. The van der Waals surface area contributed by atoms with E-state index in [4.69, 9.17) is 10.4 Å². The third kappa shape index (κ3) is 2.16. The van der Waals surface area contributed by atoms with Crippen molar-refractivity contribution in [1.82, 2.24) is 4.98 Å². The summed E-state index contributed by atoms with van der Waals surface area (Å²) in [6.07, 6.45) is -2.69. The van der Waals surface area contributed by atoms with E-state index >= 15 is 0 Å². The molecular formula is C8H5F2IN2O. The van der Waals surface area contributed by atoms with Gasteiger partial charge in [-0.15, -0.1) is 0 Å². The Labute approximate surface area is 92.5 Å². The largest absolute Gasteiger partial charge is 0.390 e. The van der Waals surface area contributed by atoms with Gasteiger partial charge in [-0.05, 0) is 28.7 Å². The minimum Gasteiger partial charge on any atom is -0.390 e. The number of alkyl halides is 2.